The molecule has 31 heavy (non-hydrogen) atoms. The van der Waals surface area contributed by atoms with Crippen molar-refractivity contribution in [3.8, 4) is 0 Å². The largest absolute Gasteiger partial charge is 0.467 e. The normalized spacial score (nSPS) is 44.4. The smallest absolute Gasteiger partial charge is 0.257 e. The molecule has 0 bridgehead atoms. The van der Waals surface area contributed by atoms with Gasteiger partial charge in [0.05, 0.1) is 12.8 Å². The Kier molecular flexibility index (Phi) is 4.98. The lowest BCUT2D eigenvalue weighted by molar-refractivity contribution is -0.169. The first-order chi connectivity index (χ1) is 14.8. The third-order valence-corrected chi connectivity index (χ3v) is 9.85. The minimum Gasteiger partial charge on any atom is -0.467 e. The van der Waals surface area contributed by atoms with Crippen LogP contribution in [0.3, 0.4) is 0 Å². The molecule has 5 rings (SSSR count). The lowest BCUT2D eigenvalue weighted by atomic mass is 9.46. The van der Waals surface area contributed by atoms with E-state index in [4.69, 9.17) is 4.42 Å². The Hall–Kier alpha value is -1.85. The lowest BCUT2D eigenvalue weighted by Gasteiger charge is -2.62. The standard InChI is InChI=1S/C25H35FN2O3/c1-24-11-10-18-16(6-9-21-25(18,2)13-20(26)23(30)28(21)3)17(24)7-8-19(24)22(29)27-14-15-5-4-12-31-15/h4-5,12,16-21H,6-11,13-14H2,1-3H3,(H,27,29)/t16?,17-,18?,19+,20+,21+,24-,25+/m0/s1. The van der Waals surface area contributed by atoms with Gasteiger partial charge in [0.2, 0.25) is 5.91 Å². The fourth-order valence-electron chi connectivity index (χ4n) is 8.35. The highest BCUT2D eigenvalue weighted by Crippen LogP contribution is 2.66. The first kappa shape index (κ1) is 21.0. The number of fused-ring (bicyclic) bond motifs is 5. The van der Waals surface area contributed by atoms with E-state index in [0.29, 0.717) is 30.7 Å². The van der Waals surface area contributed by atoms with E-state index in [2.05, 4.69) is 19.2 Å². The van der Waals surface area contributed by atoms with Gasteiger partial charge in [-0.3, -0.25) is 9.59 Å². The molecular weight excluding hydrogens is 395 g/mol. The van der Waals surface area contributed by atoms with Crippen LogP contribution < -0.4 is 5.32 Å². The Balaban J connectivity index is 1.34. The average molecular weight is 431 g/mol. The molecule has 1 aliphatic heterocycles. The highest BCUT2D eigenvalue weighted by Gasteiger charge is 2.63. The van der Waals surface area contributed by atoms with Crippen LogP contribution >= 0.6 is 0 Å². The number of hydrogen-bond acceptors (Lipinski definition) is 3. The van der Waals surface area contributed by atoms with Crippen molar-refractivity contribution in [2.24, 2.45) is 34.5 Å². The maximum Gasteiger partial charge on any atom is 0.257 e. The van der Waals surface area contributed by atoms with E-state index in [-0.39, 0.29) is 34.6 Å². The van der Waals surface area contributed by atoms with Crippen LogP contribution in [0.15, 0.2) is 22.8 Å². The van der Waals surface area contributed by atoms with Gasteiger partial charge >= 0.3 is 0 Å². The van der Waals surface area contributed by atoms with Crippen LogP contribution in [0.4, 0.5) is 4.39 Å². The number of furan rings is 1. The van der Waals surface area contributed by atoms with E-state index >= 15 is 0 Å². The summed E-state index contributed by atoms with van der Waals surface area (Å²) in [5.41, 5.74) is -0.158. The van der Waals surface area contributed by atoms with Gasteiger partial charge in [-0.2, -0.15) is 0 Å². The number of carbonyl (C=O) groups is 2. The molecule has 1 aromatic heterocycles. The van der Waals surface area contributed by atoms with Crippen molar-refractivity contribution in [3.63, 3.8) is 0 Å². The van der Waals surface area contributed by atoms with Gasteiger partial charge in [-0.25, -0.2) is 4.39 Å². The molecule has 170 valence electrons. The topological polar surface area (TPSA) is 62.6 Å². The summed E-state index contributed by atoms with van der Waals surface area (Å²) in [6.07, 6.45) is 6.69. The molecule has 2 unspecified atom stereocenters. The molecule has 0 radical (unpaired) electrons. The van der Waals surface area contributed by atoms with Crippen LogP contribution in [0.5, 0.6) is 0 Å². The second kappa shape index (κ2) is 7.35. The SMILES string of the molecule is CN1C(=O)[C@H](F)C[C@]2(C)C3CC[C@]4(C)[C@@H](C(=O)NCc5ccco5)CC[C@H]4C3CC[C@@H]12. The average Bonchev–Trinajstić information content (AvgIpc) is 3.37. The van der Waals surface area contributed by atoms with Gasteiger partial charge in [-0.15, -0.1) is 0 Å². The molecular formula is C25H35FN2O3. The third kappa shape index (κ3) is 3.07. The van der Waals surface area contributed by atoms with E-state index in [0.717, 1.165) is 44.3 Å². The first-order valence-electron chi connectivity index (χ1n) is 12.0. The maximum absolute atomic E-state index is 14.7. The molecule has 8 atom stereocenters. The van der Waals surface area contributed by atoms with Crippen molar-refractivity contribution in [3.05, 3.63) is 24.2 Å². The van der Waals surface area contributed by atoms with Gasteiger partial charge in [-0.1, -0.05) is 13.8 Å². The molecule has 0 spiro atoms. The number of piperidine rings is 1. The number of rotatable bonds is 3. The minimum absolute atomic E-state index is 0.00309. The second-order valence-corrected chi connectivity index (χ2v) is 11.1. The van der Waals surface area contributed by atoms with Crippen molar-refractivity contribution in [2.45, 2.75) is 77.6 Å². The van der Waals surface area contributed by atoms with Crippen molar-refractivity contribution in [1.29, 1.82) is 0 Å². The van der Waals surface area contributed by atoms with E-state index in [1.54, 1.807) is 18.2 Å². The predicted octanol–water partition coefficient (Wildman–Crippen LogP) is 4.32. The minimum atomic E-state index is -1.37. The summed E-state index contributed by atoms with van der Waals surface area (Å²) in [5, 5.41) is 3.10. The summed E-state index contributed by atoms with van der Waals surface area (Å²) in [5.74, 6) is 2.08. The molecule has 1 N–H and O–H groups in total. The van der Waals surface area contributed by atoms with Crippen LogP contribution in [0.1, 0.15) is 64.6 Å². The summed E-state index contributed by atoms with van der Waals surface area (Å²) in [6, 6.07) is 3.87. The Morgan fingerprint density at radius 1 is 1.19 bits per heavy atom. The highest BCUT2D eigenvalue weighted by atomic mass is 19.1. The number of amides is 2. The van der Waals surface area contributed by atoms with Crippen molar-refractivity contribution in [1.82, 2.24) is 10.2 Å². The van der Waals surface area contributed by atoms with E-state index in [1.165, 1.54) is 0 Å². The summed E-state index contributed by atoms with van der Waals surface area (Å²) in [6.45, 7) is 4.99. The maximum atomic E-state index is 14.7. The van der Waals surface area contributed by atoms with Gasteiger partial charge in [0.1, 0.15) is 5.76 Å². The Bertz CT molecular complexity index is 857. The fraction of sp³-hybridized carbons (Fsp3) is 0.760. The molecule has 2 amide bonds. The van der Waals surface area contributed by atoms with Crippen LogP contribution in [-0.2, 0) is 16.1 Å². The zero-order valence-electron chi connectivity index (χ0n) is 18.9. The number of carbonyl (C=O) groups excluding carboxylic acids is 2. The Labute approximate surface area is 184 Å². The number of alkyl halides is 1. The molecule has 4 fully saturated rings. The van der Waals surface area contributed by atoms with E-state index in [9.17, 15) is 14.0 Å². The number of halogens is 1. The lowest BCUT2D eigenvalue weighted by Crippen LogP contribution is -2.64. The Morgan fingerprint density at radius 2 is 1.97 bits per heavy atom. The number of likely N-dealkylation sites (tertiary alicyclic amines) is 1. The van der Waals surface area contributed by atoms with Gasteiger partial charge in [0, 0.05) is 19.0 Å². The molecule has 1 aromatic rings. The molecule has 6 heteroatoms. The summed E-state index contributed by atoms with van der Waals surface area (Å²) in [4.78, 5) is 27.1. The van der Waals surface area contributed by atoms with Crippen LogP contribution in [0, 0.1) is 34.5 Å². The van der Waals surface area contributed by atoms with Crippen molar-refractivity contribution in [2.75, 3.05) is 7.05 Å². The zero-order chi connectivity index (χ0) is 22.0. The summed E-state index contributed by atoms with van der Waals surface area (Å²) >= 11 is 0. The fourth-order valence-corrected chi connectivity index (χ4v) is 8.35. The Morgan fingerprint density at radius 3 is 2.71 bits per heavy atom. The van der Waals surface area contributed by atoms with Crippen LogP contribution in [0.25, 0.3) is 0 Å². The van der Waals surface area contributed by atoms with E-state index in [1.807, 2.05) is 12.1 Å². The molecule has 2 heterocycles. The van der Waals surface area contributed by atoms with Gasteiger partial charge < -0.3 is 14.6 Å². The predicted molar refractivity (Wildman–Crippen MR) is 115 cm³/mol. The molecule has 5 nitrogen and oxygen atoms in total. The van der Waals surface area contributed by atoms with Crippen molar-refractivity contribution >= 4 is 11.8 Å². The third-order valence-electron chi connectivity index (χ3n) is 9.85. The number of hydrogen-bond donors (Lipinski definition) is 1. The zero-order valence-corrected chi connectivity index (χ0v) is 18.9. The molecule has 1 saturated heterocycles. The van der Waals surface area contributed by atoms with Gasteiger partial charge in [0.25, 0.3) is 5.91 Å². The van der Waals surface area contributed by atoms with Crippen molar-refractivity contribution < 1.29 is 18.4 Å². The monoisotopic (exact) mass is 430 g/mol. The van der Waals surface area contributed by atoms with Crippen LogP contribution in [-0.4, -0.2) is 36.0 Å². The highest BCUT2D eigenvalue weighted by molar-refractivity contribution is 5.82. The summed E-state index contributed by atoms with van der Waals surface area (Å²) < 4.78 is 20.0. The number of nitrogens with zero attached hydrogens (tertiary/aromatic N) is 1. The molecule has 3 aliphatic carbocycles. The van der Waals surface area contributed by atoms with E-state index < -0.39 is 6.17 Å². The molecule has 4 aliphatic rings. The first-order valence-corrected chi connectivity index (χ1v) is 12.0. The molecule has 0 aromatic carbocycles. The van der Waals surface area contributed by atoms with Gasteiger partial charge in [-0.05, 0) is 85.7 Å². The van der Waals surface area contributed by atoms with Gasteiger partial charge in [0.15, 0.2) is 6.17 Å². The molecule has 3 saturated carbocycles. The second-order valence-electron chi connectivity index (χ2n) is 11.1. The summed E-state index contributed by atoms with van der Waals surface area (Å²) in [7, 11) is 1.79. The van der Waals surface area contributed by atoms with Crippen LogP contribution in [0.2, 0.25) is 0 Å². The quantitative estimate of drug-likeness (QED) is 0.777. The number of nitrogens with one attached hydrogen (secondary N) is 1.